The van der Waals surface area contributed by atoms with Gasteiger partial charge in [-0.05, 0) is 47.5 Å². The summed E-state index contributed by atoms with van der Waals surface area (Å²) in [7, 11) is 1.55. The Bertz CT molecular complexity index is 1490. The molecule has 3 aromatic carbocycles. The number of rotatable bonds is 9. The highest BCUT2D eigenvalue weighted by atomic mass is 35.5. The van der Waals surface area contributed by atoms with Gasteiger partial charge in [0.15, 0.2) is 0 Å². The van der Waals surface area contributed by atoms with Crippen molar-refractivity contribution < 1.29 is 23.9 Å². The van der Waals surface area contributed by atoms with Crippen LogP contribution in [0.2, 0.25) is 5.02 Å². The molecule has 41 heavy (non-hydrogen) atoms. The second kappa shape index (κ2) is 12.2. The minimum absolute atomic E-state index is 0.0245. The summed E-state index contributed by atoms with van der Waals surface area (Å²) in [5.74, 6) is -0.867. The zero-order valence-electron chi connectivity index (χ0n) is 22.0. The zero-order chi connectivity index (χ0) is 28.9. The number of amides is 3. The van der Waals surface area contributed by atoms with Gasteiger partial charge in [0, 0.05) is 17.0 Å². The minimum atomic E-state index is -1.16. The van der Waals surface area contributed by atoms with E-state index >= 15 is 0 Å². The first-order valence-corrected chi connectivity index (χ1v) is 13.2. The van der Waals surface area contributed by atoms with E-state index in [0.29, 0.717) is 21.9 Å². The van der Waals surface area contributed by atoms with E-state index in [1.807, 2.05) is 30.3 Å². The molecule has 2 heterocycles. The van der Waals surface area contributed by atoms with Crippen LogP contribution in [0.3, 0.4) is 0 Å². The predicted molar refractivity (Wildman–Crippen MR) is 152 cm³/mol. The summed E-state index contributed by atoms with van der Waals surface area (Å²) in [6.07, 6.45) is 0.187. The summed E-state index contributed by atoms with van der Waals surface area (Å²) in [6, 6.07) is 19.9. The van der Waals surface area contributed by atoms with Gasteiger partial charge in [-0.2, -0.15) is 0 Å². The molecular formula is C29H27ClN6O5. The van der Waals surface area contributed by atoms with E-state index < -0.39 is 35.8 Å². The summed E-state index contributed by atoms with van der Waals surface area (Å²) >= 11 is 6.01. The van der Waals surface area contributed by atoms with Crippen LogP contribution in [0.4, 0.5) is 0 Å². The van der Waals surface area contributed by atoms with Gasteiger partial charge in [-0.15, -0.1) is 10.1 Å². The number of nitrogens with one attached hydrogen (secondary N) is 2. The standard InChI is InChI=1S/C29H27ClN6O5/c1-40-21-13-9-18(10-14-21)24-25(33-26(38)22(32-23(37)16-31)15-17-5-3-2-4-6-17)28(39)36-29(34-24)41-27(35-36)19-7-11-20(30)12-8-19/h2-14,22,24-25H,15-16,31H2,1H3,(H,32,37)(H,33,38)/t22-,24+,25-/m0/s1. The van der Waals surface area contributed by atoms with E-state index in [1.165, 1.54) is 0 Å². The number of hydrogen-bond acceptors (Lipinski definition) is 8. The number of carbonyl (C=O) groups is 3. The number of halogens is 1. The Hall–Kier alpha value is -4.74. The van der Waals surface area contributed by atoms with Gasteiger partial charge in [0.25, 0.3) is 5.91 Å². The van der Waals surface area contributed by atoms with Crippen LogP contribution in [0.25, 0.3) is 0 Å². The number of ether oxygens (including phenoxy) is 2. The number of aliphatic imine (C=N–C) groups is 1. The minimum Gasteiger partial charge on any atom is -0.497 e. The maximum absolute atomic E-state index is 13.8. The molecule has 0 fully saturated rings. The fourth-order valence-electron chi connectivity index (χ4n) is 4.45. The molecule has 3 atom stereocenters. The first kappa shape index (κ1) is 27.8. The zero-order valence-corrected chi connectivity index (χ0v) is 22.7. The number of carbonyl (C=O) groups excluding carboxylic acids is 3. The summed E-state index contributed by atoms with van der Waals surface area (Å²) in [4.78, 5) is 44.3. The van der Waals surface area contributed by atoms with Gasteiger partial charge in [-0.3, -0.25) is 14.4 Å². The van der Waals surface area contributed by atoms with Crippen LogP contribution in [0.5, 0.6) is 5.75 Å². The van der Waals surface area contributed by atoms with E-state index in [1.54, 1.807) is 55.6 Å². The van der Waals surface area contributed by atoms with Crippen LogP contribution >= 0.6 is 11.6 Å². The van der Waals surface area contributed by atoms with Crippen LogP contribution in [0.1, 0.15) is 22.7 Å². The highest BCUT2D eigenvalue weighted by Crippen LogP contribution is 2.31. The van der Waals surface area contributed by atoms with Gasteiger partial charge in [-0.25, -0.2) is 4.99 Å². The topological polar surface area (TPSA) is 148 Å². The molecule has 2 aliphatic rings. The van der Waals surface area contributed by atoms with Crippen molar-refractivity contribution in [3.8, 4) is 5.75 Å². The van der Waals surface area contributed by atoms with E-state index in [4.69, 9.17) is 26.8 Å². The summed E-state index contributed by atoms with van der Waals surface area (Å²) in [6.45, 7) is -0.295. The van der Waals surface area contributed by atoms with Gasteiger partial charge in [0.1, 0.15) is 23.9 Å². The molecule has 0 spiro atoms. The normalized spacial score (nSPS) is 18.4. The quantitative estimate of drug-likeness (QED) is 0.357. The molecular weight excluding hydrogens is 548 g/mol. The van der Waals surface area contributed by atoms with Crippen LogP contribution < -0.4 is 21.1 Å². The Balaban J connectivity index is 1.47. The molecule has 4 N–H and O–H groups in total. The molecule has 11 nitrogen and oxygen atoms in total. The van der Waals surface area contributed by atoms with Gasteiger partial charge in [0.2, 0.25) is 17.7 Å². The monoisotopic (exact) mass is 574 g/mol. The fraction of sp³-hybridized carbons (Fsp3) is 0.207. The van der Waals surface area contributed by atoms with Crippen LogP contribution in [0, 0.1) is 0 Å². The van der Waals surface area contributed by atoms with Crippen LogP contribution in [-0.2, 0) is 25.5 Å². The van der Waals surface area contributed by atoms with Gasteiger partial charge >= 0.3 is 6.02 Å². The van der Waals surface area contributed by atoms with Crippen LogP contribution in [0.15, 0.2) is 89.0 Å². The Morgan fingerprint density at radius 2 is 1.78 bits per heavy atom. The van der Waals surface area contributed by atoms with Crippen molar-refractivity contribution in [2.45, 2.75) is 24.5 Å². The van der Waals surface area contributed by atoms with Gasteiger partial charge < -0.3 is 25.8 Å². The number of fused-ring (bicyclic) bond motifs is 1. The molecule has 0 saturated carbocycles. The Labute approximate surface area is 241 Å². The number of nitrogens with zero attached hydrogens (tertiary/aromatic N) is 3. The molecule has 0 unspecified atom stereocenters. The molecule has 0 saturated heterocycles. The van der Waals surface area contributed by atoms with Crippen molar-refractivity contribution in [1.82, 2.24) is 15.6 Å². The smallest absolute Gasteiger partial charge is 0.323 e. The van der Waals surface area contributed by atoms with Crippen LogP contribution in [-0.4, -0.2) is 60.4 Å². The fourth-order valence-corrected chi connectivity index (χ4v) is 4.58. The number of benzene rings is 3. The Kier molecular flexibility index (Phi) is 8.27. The third kappa shape index (κ3) is 6.21. The highest BCUT2D eigenvalue weighted by Gasteiger charge is 2.45. The first-order chi connectivity index (χ1) is 19.9. The SMILES string of the molecule is COc1ccc([C@H]2N=C3OC(c4ccc(Cl)cc4)=NN3C(=O)[C@H]2NC(=O)[C@H](Cc2ccccc2)NC(=O)CN)cc1. The molecule has 3 aromatic rings. The number of hydrazone groups is 1. The number of nitrogens with two attached hydrogens (primary N) is 1. The number of hydrogen-bond donors (Lipinski definition) is 3. The van der Waals surface area contributed by atoms with E-state index in [2.05, 4.69) is 20.7 Å². The molecule has 0 radical (unpaired) electrons. The average molecular weight is 575 g/mol. The molecule has 2 aliphatic heterocycles. The maximum atomic E-state index is 13.8. The highest BCUT2D eigenvalue weighted by molar-refractivity contribution is 6.30. The lowest BCUT2D eigenvalue weighted by atomic mass is 9.96. The van der Waals surface area contributed by atoms with Gasteiger partial charge in [0.05, 0.1) is 13.7 Å². The van der Waals surface area contributed by atoms with E-state index in [9.17, 15) is 14.4 Å². The third-order valence-corrected chi connectivity index (χ3v) is 6.82. The van der Waals surface area contributed by atoms with Crippen molar-refractivity contribution in [2.75, 3.05) is 13.7 Å². The summed E-state index contributed by atoms with van der Waals surface area (Å²) in [5.41, 5.74) is 7.54. The third-order valence-electron chi connectivity index (χ3n) is 6.57. The molecule has 0 bridgehead atoms. The summed E-state index contributed by atoms with van der Waals surface area (Å²) < 4.78 is 11.1. The number of amidine groups is 1. The van der Waals surface area contributed by atoms with Crippen molar-refractivity contribution in [2.24, 2.45) is 15.8 Å². The van der Waals surface area contributed by atoms with Crippen molar-refractivity contribution in [3.05, 3.63) is 101 Å². The lowest BCUT2D eigenvalue weighted by molar-refractivity contribution is -0.136. The maximum Gasteiger partial charge on any atom is 0.323 e. The largest absolute Gasteiger partial charge is 0.497 e. The lowest BCUT2D eigenvalue weighted by Crippen LogP contribution is -2.58. The van der Waals surface area contributed by atoms with Crippen molar-refractivity contribution >= 4 is 41.2 Å². The van der Waals surface area contributed by atoms with Crippen molar-refractivity contribution in [3.63, 3.8) is 0 Å². The molecule has 3 amide bonds. The van der Waals surface area contributed by atoms with Crippen molar-refractivity contribution in [1.29, 1.82) is 0 Å². The molecule has 0 aromatic heterocycles. The predicted octanol–water partition coefficient (Wildman–Crippen LogP) is 2.15. The number of methoxy groups -OCH3 is 1. The molecule has 5 rings (SSSR count). The Morgan fingerprint density at radius 1 is 1.07 bits per heavy atom. The summed E-state index contributed by atoms with van der Waals surface area (Å²) in [5, 5.41) is 11.3. The Morgan fingerprint density at radius 3 is 2.44 bits per heavy atom. The second-order valence-electron chi connectivity index (χ2n) is 9.29. The lowest BCUT2D eigenvalue weighted by Gasteiger charge is -2.32. The first-order valence-electron chi connectivity index (χ1n) is 12.8. The van der Waals surface area contributed by atoms with Gasteiger partial charge in [-0.1, -0.05) is 54.1 Å². The molecule has 0 aliphatic carbocycles. The molecule has 210 valence electrons. The average Bonchev–Trinajstić information content (AvgIpc) is 3.43. The van der Waals surface area contributed by atoms with E-state index in [0.717, 1.165) is 10.6 Å². The van der Waals surface area contributed by atoms with E-state index in [-0.39, 0.29) is 24.9 Å². The molecule has 12 heteroatoms. The second-order valence-corrected chi connectivity index (χ2v) is 9.73.